The van der Waals surface area contributed by atoms with Gasteiger partial charge in [-0.25, -0.2) is 0 Å². The molecule has 1 unspecified atom stereocenters. The van der Waals surface area contributed by atoms with Crippen molar-refractivity contribution >= 4 is 11.6 Å². The van der Waals surface area contributed by atoms with Crippen LogP contribution in [-0.4, -0.2) is 11.0 Å². The minimum Gasteiger partial charge on any atom is -0.508 e. The van der Waals surface area contributed by atoms with Crippen molar-refractivity contribution in [1.82, 2.24) is 0 Å². The van der Waals surface area contributed by atoms with Crippen molar-refractivity contribution in [2.45, 2.75) is 39.0 Å². The predicted octanol–water partition coefficient (Wildman–Crippen LogP) is 4.48. The van der Waals surface area contributed by atoms with Crippen LogP contribution in [-0.2, 0) is 11.2 Å². The number of hydrogen-bond acceptors (Lipinski definition) is 2. The van der Waals surface area contributed by atoms with Crippen LogP contribution < -0.4 is 5.32 Å². The van der Waals surface area contributed by atoms with E-state index in [0.29, 0.717) is 11.6 Å². The average molecular weight is 297 g/mol. The van der Waals surface area contributed by atoms with Gasteiger partial charge in [0, 0.05) is 18.7 Å². The van der Waals surface area contributed by atoms with Crippen molar-refractivity contribution in [1.29, 1.82) is 0 Å². The molecule has 0 aliphatic heterocycles. The quantitative estimate of drug-likeness (QED) is 0.826. The Morgan fingerprint density at radius 1 is 1.18 bits per heavy atom. The van der Waals surface area contributed by atoms with Gasteiger partial charge in [-0.05, 0) is 48.4 Å². The molecular weight excluding hydrogens is 274 g/mol. The first-order valence-electron chi connectivity index (χ1n) is 7.70. The number of carbonyl (C=O) groups is 1. The van der Waals surface area contributed by atoms with E-state index in [-0.39, 0.29) is 11.7 Å². The first-order valence-corrected chi connectivity index (χ1v) is 7.70. The van der Waals surface area contributed by atoms with E-state index in [9.17, 15) is 9.90 Å². The summed E-state index contributed by atoms with van der Waals surface area (Å²) in [6, 6.07) is 15.7. The second-order valence-corrected chi connectivity index (χ2v) is 5.77. The van der Waals surface area contributed by atoms with Crippen LogP contribution in [0, 0.1) is 0 Å². The van der Waals surface area contributed by atoms with E-state index >= 15 is 0 Å². The van der Waals surface area contributed by atoms with Gasteiger partial charge in [0.25, 0.3) is 0 Å². The van der Waals surface area contributed by atoms with Crippen LogP contribution in [0.4, 0.5) is 5.69 Å². The lowest BCUT2D eigenvalue weighted by Crippen LogP contribution is -2.06. The summed E-state index contributed by atoms with van der Waals surface area (Å²) < 4.78 is 0. The molecule has 2 rings (SSSR count). The molecule has 0 saturated carbocycles. The van der Waals surface area contributed by atoms with E-state index < -0.39 is 0 Å². The average Bonchev–Trinajstić information content (AvgIpc) is 2.47. The first-order chi connectivity index (χ1) is 10.5. The largest absolute Gasteiger partial charge is 0.508 e. The maximum Gasteiger partial charge on any atom is 0.221 e. The zero-order valence-electron chi connectivity index (χ0n) is 13.2. The molecule has 1 amide bonds. The Bertz CT molecular complexity index is 623. The molecule has 0 heterocycles. The smallest absolute Gasteiger partial charge is 0.221 e. The fraction of sp³-hybridized carbons (Fsp3) is 0.316. The third-order valence-corrected chi connectivity index (χ3v) is 3.77. The molecule has 1 atom stereocenters. The summed E-state index contributed by atoms with van der Waals surface area (Å²) in [6.07, 6.45) is 3.19. The molecular formula is C19H23NO2. The molecule has 2 N–H and O–H groups in total. The minimum atomic E-state index is -0.131. The summed E-state index contributed by atoms with van der Waals surface area (Å²) in [5.41, 5.74) is 3.05. The second-order valence-electron chi connectivity index (χ2n) is 5.77. The zero-order chi connectivity index (χ0) is 15.9. The van der Waals surface area contributed by atoms with Gasteiger partial charge in [-0.1, -0.05) is 37.3 Å². The molecule has 0 aromatic heterocycles. The van der Waals surface area contributed by atoms with E-state index in [1.54, 1.807) is 12.1 Å². The molecule has 0 saturated heterocycles. The molecule has 3 nitrogen and oxygen atoms in total. The van der Waals surface area contributed by atoms with E-state index in [1.807, 2.05) is 12.1 Å². The van der Waals surface area contributed by atoms with Gasteiger partial charge in [0.15, 0.2) is 0 Å². The number of rotatable bonds is 6. The highest BCUT2D eigenvalue weighted by molar-refractivity contribution is 5.89. The van der Waals surface area contributed by atoms with Crippen LogP contribution in [0.3, 0.4) is 0 Å². The normalized spacial score (nSPS) is 11.9. The maximum absolute atomic E-state index is 11.1. The molecule has 116 valence electrons. The van der Waals surface area contributed by atoms with Gasteiger partial charge in [0.1, 0.15) is 5.75 Å². The third kappa shape index (κ3) is 4.92. The summed E-state index contributed by atoms with van der Waals surface area (Å²) in [5, 5.41) is 12.5. The van der Waals surface area contributed by atoms with Gasteiger partial charge in [-0.15, -0.1) is 0 Å². The molecule has 3 heteroatoms. The fourth-order valence-corrected chi connectivity index (χ4v) is 2.62. The van der Waals surface area contributed by atoms with Crippen LogP contribution in [0.1, 0.15) is 43.7 Å². The SMILES string of the molecule is CC(=O)Nc1cc(O)cc(C(C)CCCc2ccccc2)c1. The first kappa shape index (κ1) is 16.1. The molecule has 0 bridgehead atoms. The van der Waals surface area contributed by atoms with Crippen molar-refractivity contribution in [3.63, 3.8) is 0 Å². The molecule has 2 aromatic rings. The number of carbonyl (C=O) groups excluding carboxylic acids is 1. The highest BCUT2D eigenvalue weighted by Crippen LogP contribution is 2.28. The number of phenols is 1. The van der Waals surface area contributed by atoms with Gasteiger partial charge < -0.3 is 10.4 Å². The van der Waals surface area contributed by atoms with Crippen LogP contribution in [0.25, 0.3) is 0 Å². The maximum atomic E-state index is 11.1. The van der Waals surface area contributed by atoms with Crippen molar-refractivity contribution in [3.05, 3.63) is 59.7 Å². The molecule has 0 spiro atoms. The van der Waals surface area contributed by atoms with Gasteiger partial charge in [0.2, 0.25) is 5.91 Å². The number of anilines is 1. The number of nitrogens with one attached hydrogen (secondary N) is 1. The number of hydrogen-bond donors (Lipinski definition) is 2. The Balaban J connectivity index is 1.95. The zero-order valence-corrected chi connectivity index (χ0v) is 13.2. The van der Waals surface area contributed by atoms with Gasteiger partial charge in [0.05, 0.1) is 0 Å². The topological polar surface area (TPSA) is 49.3 Å². The van der Waals surface area contributed by atoms with Crippen molar-refractivity contribution < 1.29 is 9.90 Å². The number of amides is 1. The third-order valence-electron chi connectivity index (χ3n) is 3.77. The number of aryl methyl sites for hydroxylation is 1. The Hall–Kier alpha value is -2.29. The van der Waals surface area contributed by atoms with Gasteiger partial charge >= 0.3 is 0 Å². The minimum absolute atomic E-state index is 0.131. The van der Waals surface area contributed by atoms with E-state index in [0.717, 1.165) is 24.8 Å². The van der Waals surface area contributed by atoms with Crippen LogP contribution in [0.15, 0.2) is 48.5 Å². The Labute approximate surface area is 132 Å². The van der Waals surface area contributed by atoms with Crippen LogP contribution >= 0.6 is 0 Å². The molecule has 0 radical (unpaired) electrons. The Kier molecular flexibility index (Phi) is 5.59. The lowest BCUT2D eigenvalue weighted by atomic mass is 9.93. The summed E-state index contributed by atoms with van der Waals surface area (Å²) in [7, 11) is 0. The van der Waals surface area contributed by atoms with Crippen molar-refractivity contribution in [3.8, 4) is 5.75 Å². The summed E-state index contributed by atoms with van der Waals surface area (Å²) >= 11 is 0. The lowest BCUT2D eigenvalue weighted by molar-refractivity contribution is -0.114. The van der Waals surface area contributed by atoms with Crippen molar-refractivity contribution in [2.24, 2.45) is 0 Å². The molecule has 22 heavy (non-hydrogen) atoms. The predicted molar refractivity (Wildman–Crippen MR) is 90.2 cm³/mol. The molecule has 0 aliphatic rings. The highest BCUT2D eigenvalue weighted by atomic mass is 16.3. The fourth-order valence-electron chi connectivity index (χ4n) is 2.62. The standard InChI is InChI=1S/C19H23NO2/c1-14(7-6-10-16-8-4-3-5-9-16)17-11-18(20-15(2)21)13-19(22)12-17/h3-5,8-9,11-14,22H,6-7,10H2,1-2H3,(H,20,21). The van der Waals surface area contributed by atoms with Crippen LogP contribution in [0.5, 0.6) is 5.75 Å². The Morgan fingerprint density at radius 3 is 2.59 bits per heavy atom. The molecule has 0 aliphatic carbocycles. The highest BCUT2D eigenvalue weighted by Gasteiger charge is 2.09. The number of aromatic hydroxyl groups is 1. The van der Waals surface area contributed by atoms with Gasteiger partial charge in [-0.3, -0.25) is 4.79 Å². The molecule has 0 fully saturated rings. The summed E-state index contributed by atoms with van der Waals surface area (Å²) in [6.45, 7) is 3.62. The van der Waals surface area contributed by atoms with E-state index in [4.69, 9.17) is 0 Å². The number of benzene rings is 2. The Morgan fingerprint density at radius 2 is 1.91 bits per heavy atom. The van der Waals surface area contributed by atoms with E-state index in [1.165, 1.54) is 12.5 Å². The molecule has 2 aromatic carbocycles. The summed E-state index contributed by atoms with van der Waals surface area (Å²) in [4.78, 5) is 11.1. The lowest BCUT2D eigenvalue weighted by Gasteiger charge is -2.14. The van der Waals surface area contributed by atoms with E-state index in [2.05, 4.69) is 36.5 Å². The van der Waals surface area contributed by atoms with Crippen molar-refractivity contribution in [2.75, 3.05) is 5.32 Å². The second kappa shape index (κ2) is 7.64. The van der Waals surface area contributed by atoms with Crippen LogP contribution in [0.2, 0.25) is 0 Å². The number of phenolic OH excluding ortho intramolecular Hbond substituents is 1. The van der Waals surface area contributed by atoms with Gasteiger partial charge in [-0.2, -0.15) is 0 Å². The monoisotopic (exact) mass is 297 g/mol. The summed E-state index contributed by atoms with van der Waals surface area (Å²) in [5.74, 6) is 0.396.